The predicted molar refractivity (Wildman–Crippen MR) is 72.9 cm³/mol. The number of carbonyl (C=O) groups excluding carboxylic acids is 1. The fraction of sp³-hybridized carbons (Fsp3) is 0.143. The Bertz CT molecular complexity index is 644. The van der Waals surface area contributed by atoms with Crippen molar-refractivity contribution in [3.8, 4) is 0 Å². The van der Waals surface area contributed by atoms with Gasteiger partial charge in [0.25, 0.3) is 5.91 Å². The Morgan fingerprint density at radius 2 is 2.00 bits per heavy atom. The number of hydrogen-bond donors (Lipinski definition) is 1. The quantitative estimate of drug-likeness (QED) is 0.938. The van der Waals surface area contributed by atoms with Crippen LogP contribution in [0.1, 0.15) is 10.4 Å². The lowest BCUT2D eigenvalue weighted by Crippen LogP contribution is -2.20. The minimum atomic E-state index is -0.825. The molecule has 1 aromatic heterocycles. The molecule has 2 rings (SSSR count). The molecule has 0 fully saturated rings. The summed E-state index contributed by atoms with van der Waals surface area (Å²) in [4.78, 5) is 17.9. The van der Waals surface area contributed by atoms with E-state index < -0.39 is 17.5 Å². The molecule has 6 heteroatoms. The monoisotopic (exact) mass is 277 g/mol. The molecule has 4 nitrogen and oxygen atoms in total. The van der Waals surface area contributed by atoms with E-state index in [1.165, 1.54) is 6.07 Å². The molecule has 20 heavy (non-hydrogen) atoms. The SMILES string of the molecule is CN(C)c1ncccc1C(=O)Nc1ccc(F)cc1F. The molecule has 0 unspecified atom stereocenters. The van der Waals surface area contributed by atoms with Crippen molar-refractivity contribution in [1.29, 1.82) is 0 Å². The van der Waals surface area contributed by atoms with E-state index in [1.807, 2.05) is 0 Å². The van der Waals surface area contributed by atoms with E-state index in [2.05, 4.69) is 10.3 Å². The van der Waals surface area contributed by atoms with Gasteiger partial charge in [-0.1, -0.05) is 0 Å². The van der Waals surface area contributed by atoms with Crippen LogP contribution in [-0.2, 0) is 0 Å². The second-order valence-electron chi connectivity index (χ2n) is 4.35. The van der Waals surface area contributed by atoms with Gasteiger partial charge >= 0.3 is 0 Å². The maximum absolute atomic E-state index is 13.5. The Morgan fingerprint density at radius 1 is 1.25 bits per heavy atom. The van der Waals surface area contributed by atoms with Gasteiger partial charge in [-0.2, -0.15) is 0 Å². The van der Waals surface area contributed by atoms with Gasteiger partial charge in [-0.3, -0.25) is 4.79 Å². The summed E-state index contributed by atoms with van der Waals surface area (Å²) < 4.78 is 26.3. The highest BCUT2D eigenvalue weighted by Crippen LogP contribution is 2.19. The summed E-state index contributed by atoms with van der Waals surface area (Å²) in [6, 6.07) is 6.16. The maximum Gasteiger partial charge on any atom is 0.259 e. The number of nitrogens with zero attached hydrogens (tertiary/aromatic N) is 2. The van der Waals surface area contributed by atoms with Crippen LogP contribution in [0.5, 0.6) is 0 Å². The van der Waals surface area contributed by atoms with E-state index >= 15 is 0 Å². The van der Waals surface area contributed by atoms with E-state index in [9.17, 15) is 13.6 Å². The van der Waals surface area contributed by atoms with Crippen LogP contribution >= 0.6 is 0 Å². The average molecular weight is 277 g/mol. The Balaban J connectivity index is 2.29. The van der Waals surface area contributed by atoms with Gasteiger partial charge in [0.15, 0.2) is 0 Å². The van der Waals surface area contributed by atoms with Crippen LogP contribution in [0, 0.1) is 11.6 Å². The maximum atomic E-state index is 13.5. The zero-order valence-electron chi connectivity index (χ0n) is 11.0. The van der Waals surface area contributed by atoms with Gasteiger partial charge in [0, 0.05) is 26.4 Å². The molecule has 0 aliphatic rings. The van der Waals surface area contributed by atoms with Crippen molar-refractivity contribution >= 4 is 17.4 Å². The number of anilines is 2. The Labute approximate surface area is 115 Å². The third-order valence-corrected chi connectivity index (χ3v) is 2.63. The van der Waals surface area contributed by atoms with Crippen molar-refractivity contribution in [3.63, 3.8) is 0 Å². The topological polar surface area (TPSA) is 45.2 Å². The van der Waals surface area contributed by atoms with Crippen LogP contribution in [0.25, 0.3) is 0 Å². The normalized spacial score (nSPS) is 10.2. The number of rotatable bonds is 3. The van der Waals surface area contributed by atoms with Crippen LogP contribution in [0.15, 0.2) is 36.5 Å². The third-order valence-electron chi connectivity index (χ3n) is 2.63. The summed E-state index contributed by atoms with van der Waals surface area (Å²) in [6.07, 6.45) is 1.56. The van der Waals surface area contributed by atoms with Crippen LogP contribution in [0.3, 0.4) is 0 Å². The van der Waals surface area contributed by atoms with Gasteiger partial charge in [0.05, 0.1) is 11.3 Å². The predicted octanol–water partition coefficient (Wildman–Crippen LogP) is 2.68. The van der Waals surface area contributed by atoms with Gasteiger partial charge in [0.1, 0.15) is 17.5 Å². The van der Waals surface area contributed by atoms with Crippen LogP contribution < -0.4 is 10.2 Å². The summed E-state index contributed by atoms with van der Waals surface area (Å²) in [5.41, 5.74) is 0.228. The number of pyridine rings is 1. The summed E-state index contributed by atoms with van der Waals surface area (Å²) in [5.74, 6) is -1.57. The average Bonchev–Trinajstić information content (AvgIpc) is 2.41. The number of hydrogen-bond acceptors (Lipinski definition) is 3. The number of aromatic nitrogens is 1. The minimum absolute atomic E-state index is 0.0787. The lowest BCUT2D eigenvalue weighted by Gasteiger charge is -2.15. The molecule has 1 amide bonds. The highest BCUT2D eigenvalue weighted by molar-refractivity contribution is 6.07. The third kappa shape index (κ3) is 2.90. The molecule has 0 saturated heterocycles. The first kappa shape index (κ1) is 13.9. The van der Waals surface area contributed by atoms with Crippen LogP contribution in [0.4, 0.5) is 20.3 Å². The van der Waals surface area contributed by atoms with Gasteiger partial charge in [-0.05, 0) is 24.3 Å². The van der Waals surface area contributed by atoms with Crippen molar-refractivity contribution in [2.24, 2.45) is 0 Å². The molecular formula is C14H13F2N3O. The van der Waals surface area contributed by atoms with E-state index in [1.54, 1.807) is 37.3 Å². The molecule has 0 radical (unpaired) electrons. The summed E-state index contributed by atoms with van der Waals surface area (Å²) in [5, 5.41) is 2.40. The summed E-state index contributed by atoms with van der Waals surface area (Å²) in [7, 11) is 3.50. The molecule has 1 N–H and O–H groups in total. The second-order valence-corrected chi connectivity index (χ2v) is 4.35. The van der Waals surface area contributed by atoms with Crippen molar-refractivity contribution in [2.75, 3.05) is 24.3 Å². The highest BCUT2D eigenvalue weighted by Gasteiger charge is 2.15. The fourth-order valence-electron chi connectivity index (χ4n) is 1.71. The van der Waals surface area contributed by atoms with E-state index in [4.69, 9.17) is 0 Å². The zero-order valence-corrected chi connectivity index (χ0v) is 11.0. The number of carbonyl (C=O) groups is 1. The van der Waals surface area contributed by atoms with Gasteiger partial charge in [-0.25, -0.2) is 13.8 Å². The number of halogens is 2. The molecule has 104 valence electrons. The first-order chi connectivity index (χ1) is 9.49. The Morgan fingerprint density at radius 3 is 2.65 bits per heavy atom. The van der Waals surface area contributed by atoms with Crippen molar-refractivity contribution in [1.82, 2.24) is 4.98 Å². The fourth-order valence-corrected chi connectivity index (χ4v) is 1.71. The lowest BCUT2D eigenvalue weighted by atomic mass is 10.2. The first-order valence-electron chi connectivity index (χ1n) is 5.88. The molecule has 0 atom stereocenters. The van der Waals surface area contributed by atoms with Gasteiger partial charge in [-0.15, -0.1) is 0 Å². The largest absolute Gasteiger partial charge is 0.362 e. The first-order valence-corrected chi connectivity index (χ1v) is 5.88. The molecule has 2 aromatic rings. The van der Waals surface area contributed by atoms with E-state index in [0.717, 1.165) is 6.07 Å². The molecule has 1 heterocycles. The van der Waals surface area contributed by atoms with Crippen molar-refractivity contribution < 1.29 is 13.6 Å². The van der Waals surface area contributed by atoms with Crippen LogP contribution in [0.2, 0.25) is 0 Å². The molecule has 0 aliphatic carbocycles. The van der Waals surface area contributed by atoms with Gasteiger partial charge in [0.2, 0.25) is 0 Å². The molecule has 1 aromatic carbocycles. The lowest BCUT2D eigenvalue weighted by molar-refractivity contribution is 0.102. The number of nitrogens with one attached hydrogen (secondary N) is 1. The van der Waals surface area contributed by atoms with Gasteiger partial charge < -0.3 is 10.2 Å². The summed E-state index contributed by atoms with van der Waals surface area (Å²) in [6.45, 7) is 0. The number of benzene rings is 1. The Kier molecular flexibility index (Phi) is 3.93. The second kappa shape index (κ2) is 5.64. The minimum Gasteiger partial charge on any atom is -0.362 e. The molecule has 0 saturated carbocycles. The molecular weight excluding hydrogens is 264 g/mol. The molecule has 0 aliphatic heterocycles. The number of amides is 1. The van der Waals surface area contributed by atoms with Crippen molar-refractivity contribution in [2.45, 2.75) is 0 Å². The highest BCUT2D eigenvalue weighted by atomic mass is 19.1. The van der Waals surface area contributed by atoms with Crippen LogP contribution in [-0.4, -0.2) is 25.0 Å². The Hall–Kier alpha value is -2.50. The van der Waals surface area contributed by atoms with E-state index in [0.29, 0.717) is 17.4 Å². The smallest absolute Gasteiger partial charge is 0.259 e. The molecule has 0 bridgehead atoms. The molecule has 0 spiro atoms. The van der Waals surface area contributed by atoms with Crippen molar-refractivity contribution in [3.05, 3.63) is 53.7 Å². The zero-order chi connectivity index (χ0) is 14.7. The summed E-state index contributed by atoms with van der Waals surface area (Å²) >= 11 is 0. The van der Waals surface area contributed by atoms with E-state index in [-0.39, 0.29) is 5.69 Å². The standard InChI is InChI=1S/C14H13F2N3O/c1-19(2)13-10(4-3-7-17-13)14(20)18-12-6-5-9(15)8-11(12)16/h3-8H,1-2H3,(H,18,20).